The number of carbonyl (C=O) groups is 1. The molecule has 104 valence electrons. The Balaban J connectivity index is 1.59. The van der Waals surface area contributed by atoms with Gasteiger partial charge in [-0.15, -0.1) is 0 Å². The Kier molecular flexibility index (Phi) is 5.77. The number of aromatic nitrogens is 1. The van der Waals surface area contributed by atoms with Crippen molar-refractivity contribution < 1.29 is 9.53 Å². The van der Waals surface area contributed by atoms with Crippen LogP contribution >= 0.6 is 0 Å². The second kappa shape index (κ2) is 8.10. The van der Waals surface area contributed by atoms with Gasteiger partial charge >= 0.3 is 5.97 Å². The Morgan fingerprint density at radius 1 is 1.00 bits per heavy atom. The Hall–Kier alpha value is -2.16. The lowest BCUT2D eigenvalue weighted by molar-refractivity contribution is -0.143. The molecule has 3 nitrogen and oxygen atoms in total. The Morgan fingerprint density at radius 3 is 2.55 bits per heavy atom. The van der Waals surface area contributed by atoms with Crippen LogP contribution in [0.4, 0.5) is 0 Å². The van der Waals surface area contributed by atoms with E-state index in [2.05, 4.69) is 17.1 Å². The van der Waals surface area contributed by atoms with E-state index in [1.807, 2.05) is 30.3 Å². The second-order valence-electron chi connectivity index (χ2n) is 4.67. The highest BCUT2D eigenvalue weighted by molar-refractivity contribution is 5.69. The number of ether oxygens (including phenoxy) is 1. The van der Waals surface area contributed by atoms with Crippen LogP contribution in [0.15, 0.2) is 54.9 Å². The Bertz CT molecular complexity index is 511. The summed E-state index contributed by atoms with van der Waals surface area (Å²) >= 11 is 0. The molecule has 3 heteroatoms. The first-order valence-corrected chi connectivity index (χ1v) is 6.93. The maximum absolute atomic E-state index is 11.6. The zero-order valence-electron chi connectivity index (χ0n) is 11.5. The van der Waals surface area contributed by atoms with E-state index in [9.17, 15) is 4.79 Å². The number of benzene rings is 1. The normalized spacial score (nSPS) is 10.2. The molecule has 2 rings (SSSR count). The SMILES string of the molecule is O=C(CCc1cccnc1)OCCCc1ccccc1. The second-order valence-corrected chi connectivity index (χ2v) is 4.67. The largest absolute Gasteiger partial charge is 0.466 e. The zero-order valence-corrected chi connectivity index (χ0v) is 11.5. The van der Waals surface area contributed by atoms with E-state index in [4.69, 9.17) is 4.74 Å². The van der Waals surface area contributed by atoms with E-state index in [1.165, 1.54) is 5.56 Å². The fourth-order valence-corrected chi connectivity index (χ4v) is 1.97. The molecule has 0 amide bonds. The van der Waals surface area contributed by atoms with Gasteiger partial charge in [0.15, 0.2) is 0 Å². The van der Waals surface area contributed by atoms with Crippen molar-refractivity contribution in [2.24, 2.45) is 0 Å². The molecule has 0 aliphatic carbocycles. The number of rotatable bonds is 7. The van der Waals surface area contributed by atoms with Crippen LogP contribution in [0.3, 0.4) is 0 Å². The van der Waals surface area contributed by atoms with Crippen LogP contribution in [-0.4, -0.2) is 17.6 Å². The molecule has 0 radical (unpaired) electrons. The molecule has 2 aromatic rings. The molecule has 0 aliphatic rings. The van der Waals surface area contributed by atoms with E-state index < -0.39 is 0 Å². The summed E-state index contributed by atoms with van der Waals surface area (Å²) in [6.45, 7) is 0.487. The van der Waals surface area contributed by atoms with Gasteiger partial charge in [0, 0.05) is 18.8 Å². The van der Waals surface area contributed by atoms with Gasteiger partial charge in [0.05, 0.1) is 6.61 Å². The number of aryl methyl sites for hydroxylation is 2. The van der Waals surface area contributed by atoms with Crippen LogP contribution < -0.4 is 0 Å². The maximum Gasteiger partial charge on any atom is 0.306 e. The molecule has 0 atom stereocenters. The summed E-state index contributed by atoms with van der Waals surface area (Å²) in [6.07, 6.45) is 6.41. The summed E-state index contributed by atoms with van der Waals surface area (Å²) in [5, 5.41) is 0. The van der Waals surface area contributed by atoms with Crippen molar-refractivity contribution in [1.82, 2.24) is 4.98 Å². The highest BCUT2D eigenvalue weighted by Crippen LogP contribution is 2.04. The molecule has 1 aromatic heterocycles. The zero-order chi connectivity index (χ0) is 14.0. The first kappa shape index (κ1) is 14.3. The van der Waals surface area contributed by atoms with Gasteiger partial charge in [-0.3, -0.25) is 9.78 Å². The molecule has 1 aromatic carbocycles. The quantitative estimate of drug-likeness (QED) is 0.572. The highest BCUT2D eigenvalue weighted by atomic mass is 16.5. The Morgan fingerprint density at radius 2 is 1.80 bits per heavy atom. The average Bonchev–Trinajstić information content (AvgIpc) is 2.52. The number of nitrogens with zero attached hydrogens (tertiary/aromatic N) is 1. The van der Waals surface area contributed by atoms with Gasteiger partial charge in [0.2, 0.25) is 0 Å². The predicted octanol–water partition coefficient (Wildman–Crippen LogP) is 3.19. The maximum atomic E-state index is 11.6. The number of hydrogen-bond acceptors (Lipinski definition) is 3. The van der Waals surface area contributed by atoms with Crippen LogP contribution in [0, 0.1) is 0 Å². The minimum Gasteiger partial charge on any atom is -0.466 e. The molecule has 0 saturated heterocycles. The van der Waals surface area contributed by atoms with Gasteiger partial charge < -0.3 is 4.74 Å². The fraction of sp³-hybridized carbons (Fsp3) is 0.294. The smallest absolute Gasteiger partial charge is 0.306 e. The van der Waals surface area contributed by atoms with Crippen LogP contribution in [-0.2, 0) is 22.4 Å². The van der Waals surface area contributed by atoms with Crippen molar-refractivity contribution in [3.63, 3.8) is 0 Å². The molecule has 0 aliphatic heterocycles. The fourth-order valence-electron chi connectivity index (χ4n) is 1.97. The monoisotopic (exact) mass is 269 g/mol. The molecular formula is C17H19NO2. The van der Waals surface area contributed by atoms with Crippen molar-refractivity contribution in [3.8, 4) is 0 Å². The molecule has 0 fully saturated rings. The van der Waals surface area contributed by atoms with Crippen molar-refractivity contribution >= 4 is 5.97 Å². The molecule has 0 bridgehead atoms. The summed E-state index contributed by atoms with van der Waals surface area (Å²) in [4.78, 5) is 15.6. The number of pyridine rings is 1. The summed E-state index contributed by atoms with van der Waals surface area (Å²) in [5.41, 5.74) is 2.34. The lowest BCUT2D eigenvalue weighted by Gasteiger charge is -2.05. The summed E-state index contributed by atoms with van der Waals surface area (Å²) in [7, 11) is 0. The van der Waals surface area contributed by atoms with E-state index in [-0.39, 0.29) is 5.97 Å². The van der Waals surface area contributed by atoms with E-state index in [1.54, 1.807) is 12.4 Å². The minimum atomic E-state index is -0.137. The van der Waals surface area contributed by atoms with Gasteiger partial charge in [0.25, 0.3) is 0 Å². The standard InChI is InChI=1S/C17H19NO2/c19-17(11-10-16-8-4-12-18-14-16)20-13-5-9-15-6-2-1-3-7-15/h1-4,6-8,12,14H,5,9-11,13H2. The lowest BCUT2D eigenvalue weighted by atomic mass is 10.1. The van der Waals surface area contributed by atoms with Crippen molar-refractivity contribution in [3.05, 3.63) is 66.0 Å². The molecule has 0 saturated carbocycles. The molecular weight excluding hydrogens is 250 g/mol. The molecule has 0 spiro atoms. The first-order valence-electron chi connectivity index (χ1n) is 6.93. The third-order valence-electron chi connectivity index (χ3n) is 3.06. The van der Waals surface area contributed by atoms with Gasteiger partial charge in [-0.2, -0.15) is 0 Å². The minimum absolute atomic E-state index is 0.137. The van der Waals surface area contributed by atoms with Crippen molar-refractivity contribution in [2.75, 3.05) is 6.61 Å². The van der Waals surface area contributed by atoms with Gasteiger partial charge in [-0.1, -0.05) is 36.4 Å². The summed E-state index contributed by atoms with van der Waals surface area (Å²) in [5.74, 6) is -0.137. The molecule has 1 heterocycles. The number of esters is 1. The molecule has 20 heavy (non-hydrogen) atoms. The van der Waals surface area contributed by atoms with Crippen LogP contribution in [0.1, 0.15) is 24.0 Å². The van der Waals surface area contributed by atoms with Gasteiger partial charge in [-0.05, 0) is 36.5 Å². The van der Waals surface area contributed by atoms with Gasteiger partial charge in [-0.25, -0.2) is 0 Å². The topological polar surface area (TPSA) is 39.2 Å². The average molecular weight is 269 g/mol. The lowest BCUT2D eigenvalue weighted by Crippen LogP contribution is -2.07. The van der Waals surface area contributed by atoms with Crippen LogP contribution in [0.25, 0.3) is 0 Å². The number of carbonyl (C=O) groups excluding carboxylic acids is 1. The van der Waals surface area contributed by atoms with E-state index >= 15 is 0 Å². The first-order chi connectivity index (χ1) is 9.84. The third kappa shape index (κ3) is 5.22. The van der Waals surface area contributed by atoms with E-state index in [0.29, 0.717) is 19.4 Å². The van der Waals surface area contributed by atoms with Crippen molar-refractivity contribution in [2.45, 2.75) is 25.7 Å². The number of hydrogen-bond donors (Lipinski definition) is 0. The predicted molar refractivity (Wildman–Crippen MR) is 78.3 cm³/mol. The van der Waals surface area contributed by atoms with E-state index in [0.717, 1.165) is 18.4 Å². The van der Waals surface area contributed by atoms with Gasteiger partial charge in [0.1, 0.15) is 0 Å². The van der Waals surface area contributed by atoms with Crippen LogP contribution in [0.2, 0.25) is 0 Å². The molecule has 0 N–H and O–H groups in total. The summed E-state index contributed by atoms with van der Waals surface area (Å²) < 4.78 is 5.23. The molecule has 0 unspecified atom stereocenters. The Labute approximate surface area is 119 Å². The third-order valence-corrected chi connectivity index (χ3v) is 3.06. The summed E-state index contributed by atoms with van der Waals surface area (Å²) in [6, 6.07) is 14.1. The van der Waals surface area contributed by atoms with Crippen molar-refractivity contribution in [1.29, 1.82) is 0 Å². The highest BCUT2D eigenvalue weighted by Gasteiger charge is 2.03. The van der Waals surface area contributed by atoms with Crippen LogP contribution in [0.5, 0.6) is 0 Å².